The quantitative estimate of drug-likeness (QED) is 0.812. The summed E-state index contributed by atoms with van der Waals surface area (Å²) >= 11 is 0. The molecule has 1 aromatic rings. The van der Waals surface area contributed by atoms with Crippen LogP contribution in [0.4, 0.5) is 0 Å². The van der Waals surface area contributed by atoms with E-state index in [-0.39, 0.29) is 17.9 Å². The SMILES string of the molecule is C[C@@](CO)(CNC(=O)CC1CCCCC1)Cc1ccccc1. The van der Waals surface area contributed by atoms with Crippen molar-refractivity contribution in [2.45, 2.75) is 51.9 Å². The molecule has 0 radical (unpaired) electrons. The normalized spacial score (nSPS) is 18.6. The fraction of sp³-hybridized carbons (Fsp3) is 0.632. The number of hydrogen-bond acceptors (Lipinski definition) is 2. The van der Waals surface area contributed by atoms with Crippen molar-refractivity contribution in [3.8, 4) is 0 Å². The first-order valence-corrected chi connectivity index (χ1v) is 8.53. The molecule has 0 heterocycles. The van der Waals surface area contributed by atoms with Crippen LogP contribution in [0.25, 0.3) is 0 Å². The van der Waals surface area contributed by atoms with Gasteiger partial charge in [-0.05, 0) is 30.7 Å². The number of carbonyl (C=O) groups is 1. The number of aliphatic hydroxyl groups excluding tert-OH is 1. The molecule has 0 saturated heterocycles. The number of aliphatic hydroxyl groups is 1. The van der Waals surface area contributed by atoms with Gasteiger partial charge in [-0.3, -0.25) is 4.79 Å². The lowest BCUT2D eigenvalue weighted by Gasteiger charge is -2.28. The summed E-state index contributed by atoms with van der Waals surface area (Å²) in [4.78, 5) is 12.1. The second-order valence-electron chi connectivity index (χ2n) is 7.12. The number of amides is 1. The predicted octanol–water partition coefficient (Wildman–Crippen LogP) is 3.31. The molecule has 2 rings (SSSR count). The Labute approximate surface area is 134 Å². The molecule has 3 heteroatoms. The van der Waals surface area contributed by atoms with E-state index in [1.54, 1.807) is 0 Å². The molecule has 0 aromatic heterocycles. The highest BCUT2D eigenvalue weighted by molar-refractivity contribution is 5.76. The van der Waals surface area contributed by atoms with Crippen molar-refractivity contribution >= 4 is 5.91 Å². The summed E-state index contributed by atoms with van der Waals surface area (Å²) in [6, 6.07) is 10.1. The monoisotopic (exact) mass is 303 g/mol. The molecule has 122 valence electrons. The van der Waals surface area contributed by atoms with Gasteiger partial charge in [-0.25, -0.2) is 0 Å². The average molecular weight is 303 g/mol. The van der Waals surface area contributed by atoms with E-state index in [0.717, 1.165) is 6.42 Å². The zero-order valence-corrected chi connectivity index (χ0v) is 13.7. The van der Waals surface area contributed by atoms with Crippen LogP contribution in [-0.2, 0) is 11.2 Å². The van der Waals surface area contributed by atoms with E-state index >= 15 is 0 Å². The molecule has 1 fully saturated rings. The van der Waals surface area contributed by atoms with E-state index < -0.39 is 0 Å². The van der Waals surface area contributed by atoms with Gasteiger partial charge in [-0.2, -0.15) is 0 Å². The fourth-order valence-corrected chi connectivity index (χ4v) is 3.30. The van der Waals surface area contributed by atoms with Crippen molar-refractivity contribution in [1.82, 2.24) is 5.32 Å². The minimum absolute atomic E-state index is 0.0750. The van der Waals surface area contributed by atoms with E-state index in [2.05, 4.69) is 17.4 Å². The average Bonchev–Trinajstić information content (AvgIpc) is 2.55. The third-order valence-electron chi connectivity index (χ3n) is 4.77. The van der Waals surface area contributed by atoms with Crippen LogP contribution >= 0.6 is 0 Å². The van der Waals surface area contributed by atoms with Gasteiger partial charge in [0.1, 0.15) is 0 Å². The first-order valence-electron chi connectivity index (χ1n) is 8.53. The Kier molecular flexibility index (Phi) is 6.44. The Bertz CT molecular complexity index is 454. The van der Waals surface area contributed by atoms with Crippen LogP contribution in [0.3, 0.4) is 0 Å². The van der Waals surface area contributed by atoms with Gasteiger partial charge in [0.05, 0.1) is 6.61 Å². The maximum Gasteiger partial charge on any atom is 0.220 e. The number of benzene rings is 1. The van der Waals surface area contributed by atoms with Crippen molar-refractivity contribution < 1.29 is 9.90 Å². The molecule has 0 bridgehead atoms. The molecular formula is C19H29NO2. The summed E-state index contributed by atoms with van der Waals surface area (Å²) < 4.78 is 0. The predicted molar refractivity (Wildman–Crippen MR) is 89.5 cm³/mol. The molecule has 1 atom stereocenters. The summed E-state index contributed by atoms with van der Waals surface area (Å²) in [7, 11) is 0. The van der Waals surface area contributed by atoms with Crippen LogP contribution in [0.5, 0.6) is 0 Å². The molecule has 1 aliphatic carbocycles. The first kappa shape index (κ1) is 17.0. The molecule has 1 aromatic carbocycles. The maximum atomic E-state index is 12.1. The van der Waals surface area contributed by atoms with Gasteiger partial charge in [0.15, 0.2) is 0 Å². The van der Waals surface area contributed by atoms with E-state index in [9.17, 15) is 9.90 Å². The number of carbonyl (C=O) groups excluding carboxylic acids is 1. The highest BCUT2D eigenvalue weighted by atomic mass is 16.3. The summed E-state index contributed by atoms with van der Waals surface area (Å²) in [5.41, 5.74) is 0.893. The van der Waals surface area contributed by atoms with Gasteiger partial charge in [0, 0.05) is 18.4 Å². The van der Waals surface area contributed by atoms with E-state index in [4.69, 9.17) is 0 Å². The summed E-state index contributed by atoms with van der Waals surface area (Å²) in [6.45, 7) is 2.64. The zero-order chi connectivity index (χ0) is 15.8. The molecule has 0 aliphatic heterocycles. The Hall–Kier alpha value is -1.35. The standard InChI is InChI=1S/C19H29NO2/c1-19(15-21,13-17-10-6-3-7-11-17)14-20-18(22)12-16-8-4-2-5-9-16/h3,6-7,10-11,16,21H,2,4-5,8-9,12-15H2,1H3,(H,20,22)/t19-/m0/s1. The van der Waals surface area contributed by atoms with Gasteiger partial charge < -0.3 is 10.4 Å². The van der Waals surface area contributed by atoms with Gasteiger partial charge in [0.25, 0.3) is 0 Å². The third kappa shape index (κ3) is 5.45. The molecule has 1 amide bonds. The third-order valence-corrected chi connectivity index (χ3v) is 4.77. The summed E-state index contributed by atoms with van der Waals surface area (Å²) in [5.74, 6) is 0.697. The molecule has 22 heavy (non-hydrogen) atoms. The van der Waals surface area contributed by atoms with Crippen LogP contribution in [0, 0.1) is 11.3 Å². The highest BCUT2D eigenvalue weighted by Crippen LogP contribution is 2.26. The molecular weight excluding hydrogens is 274 g/mol. The van der Waals surface area contributed by atoms with Crippen molar-refractivity contribution in [3.05, 3.63) is 35.9 Å². The van der Waals surface area contributed by atoms with Crippen molar-refractivity contribution in [2.24, 2.45) is 11.3 Å². The second-order valence-corrected chi connectivity index (χ2v) is 7.12. The van der Waals surface area contributed by atoms with Crippen LogP contribution in [0.2, 0.25) is 0 Å². The maximum absolute atomic E-state index is 12.1. The van der Waals surface area contributed by atoms with Crippen molar-refractivity contribution in [3.63, 3.8) is 0 Å². The Morgan fingerprint density at radius 2 is 1.91 bits per heavy atom. The van der Waals surface area contributed by atoms with E-state index in [1.165, 1.54) is 37.7 Å². The Morgan fingerprint density at radius 1 is 1.23 bits per heavy atom. The van der Waals surface area contributed by atoms with Gasteiger partial charge in [-0.15, -0.1) is 0 Å². The van der Waals surface area contributed by atoms with Crippen LogP contribution in [0.1, 0.15) is 51.0 Å². The van der Waals surface area contributed by atoms with Crippen LogP contribution in [-0.4, -0.2) is 24.2 Å². The summed E-state index contributed by atoms with van der Waals surface area (Å²) in [6.07, 6.45) is 7.64. The minimum atomic E-state index is -0.302. The van der Waals surface area contributed by atoms with E-state index in [1.807, 2.05) is 25.1 Å². The van der Waals surface area contributed by atoms with Crippen molar-refractivity contribution in [2.75, 3.05) is 13.2 Å². The molecule has 0 unspecified atom stereocenters. The number of rotatable bonds is 7. The number of nitrogens with one attached hydrogen (secondary N) is 1. The van der Waals surface area contributed by atoms with Crippen LogP contribution < -0.4 is 5.32 Å². The fourth-order valence-electron chi connectivity index (χ4n) is 3.30. The van der Waals surface area contributed by atoms with Gasteiger partial charge in [0.2, 0.25) is 5.91 Å². The second kappa shape index (κ2) is 8.33. The minimum Gasteiger partial charge on any atom is -0.396 e. The highest BCUT2D eigenvalue weighted by Gasteiger charge is 2.25. The zero-order valence-electron chi connectivity index (χ0n) is 13.7. The smallest absolute Gasteiger partial charge is 0.220 e. The Morgan fingerprint density at radius 3 is 2.55 bits per heavy atom. The molecule has 1 aliphatic rings. The molecule has 1 saturated carbocycles. The lowest BCUT2D eigenvalue weighted by molar-refractivity contribution is -0.122. The topological polar surface area (TPSA) is 49.3 Å². The number of hydrogen-bond donors (Lipinski definition) is 2. The first-order chi connectivity index (χ1) is 10.6. The molecule has 3 nitrogen and oxygen atoms in total. The van der Waals surface area contributed by atoms with Gasteiger partial charge >= 0.3 is 0 Å². The molecule has 2 N–H and O–H groups in total. The summed E-state index contributed by atoms with van der Waals surface area (Å²) in [5, 5.41) is 12.8. The van der Waals surface area contributed by atoms with E-state index in [0.29, 0.717) is 18.9 Å². The lowest BCUT2D eigenvalue weighted by Crippen LogP contribution is -2.40. The van der Waals surface area contributed by atoms with Crippen LogP contribution in [0.15, 0.2) is 30.3 Å². The molecule has 0 spiro atoms. The lowest BCUT2D eigenvalue weighted by atomic mass is 9.84. The Balaban J connectivity index is 1.80. The van der Waals surface area contributed by atoms with Crippen molar-refractivity contribution in [1.29, 1.82) is 0 Å². The van der Waals surface area contributed by atoms with Gasteiger partial charge in [-0.1, -0.05) is 56.5 Å². The largest absolute Gasteiger partial charge is 0.396 e.